The minimum absolute atomic E-state index is 0.0272. The van der Waals surface area contributed by atoms with Gasteiger partial charge in [-0.15, -0.1) is 0 Å². The Bertz CT molecular complexity index is 945. The summed E-state index contributed by atoms with van der Waals surface area (Å²) in [6, 6.07) is 5.55. The predicted molar refractivity (Wildman–Crippen MR) is 137 cm³/mol. The molecule has 192 valence electrons. The van der Waals surface area contributed by atoms with E-state index < -0.39 is 5.60 Å². The monoisotopic (exact) mass is 484 g/mol. The van der Waals surface area contributed by atoms with Gasteiger partial charge in [-0.2, -0.15) is 0 Å². The van der Waals surface area contributed by atoms with E-state index in [2.05, 4.69) is 10.2 Å². The smallest absolute Gasteiger partial charge is 0.410 e. The lowest BCUT2D eigenvalue weighted by atomic mass is 10.1. The van der Waals surface area contributed by atoms with Gasteiger partial charge in [0.1, 0.15) is 5.60 Å². The summed E-state index contributed by atoms with van der Waals surface area (Å²) in [5.74, 6) is 0.165. The fraction of sp³-hybridized carbons (Fsp3) is 0.667. The zero-order chi connectivity index (χ0) is 25.2. The van der Waals surface area contributed by atoms with Crippen LogP contribution in [0.5, 0.6) is 0 Å². The first-order valence-corrected chi connectivity index (χ1v) is 13.1. The van der Waals surface area contributed by atoms with Gasteiger partial charge in [-0.05, 0) is 71.6 Å². The van der Waals surface area contributed by atoms with E-state index in [-0.39, 0.29) is 29.9 Å². The van der Waals surface area contributed by atoms with E-state index in [1.54, 1.807) is 4.90 Å². The number of carbonyl (C=O) groups excluding carboxylic acids is 3. The number of nitrogens with zero attached hydrogens (tertiary/aromatic N) is 3. The highest BCUT2D eigenvalue weighted by Gasteiger charge is 2.34. The summed E-state index contributed by atoms with van der Waals surface area (Å²) in [7, 11) is 0. The van der Waals surface area contributed by atoms with Gasteiger partial charge in [0, 0.05) is 50.4 Å². The molecule has 1 aromatic carbocycles. The number of rotatable bonds is 4. The van der Waals surface area contributed by atoms with E-state index in [4.69, 9.17) is 4.74 Å². The first-order chi connectivity index (χ1) is 16.6. The molecule has 1 aliphatic carbocycles. The summed E-state index contributed by atoms with van der Waals surface area (Å²) in [4.78, 5) is 44.5. The van der Waals surface area contributed by atoms with Crippen molar-refractivity contribution in [2.75, 3.05) is 42.9 Å². The van der Waals surface area contributed by atoms with Gasteiger partial charge in [0.2, 0.25) is 5.91 Å². The Labute approximate surface area is 209 Å². The molecule has 4 rings (SSSR count). The van der Waals surface area contributed by atoms with Crippen molar-refractivity contribution in [1.29, 1.82) is 0 Å². The van der Waals surface area contributed by atoms with Crippen LogP contribution in [0.4, 0.5) is 16.2 Å². The topological polar surface area (TPSA) is 82.2 Å². The number of hydrogen-bond acceptors (Lipinski definition) is 5. The van der Waals surface area contributed by atoms with Crippen molar-refractivity contribution >= 4 is 29.3 Å². The number of amides is 3. The molecule has 0 spiro atoms. The Kier molecular flexibility index (Phi) is 7.57. The Morgan fingerprint density at radius 3 is 2.26 bits per heavy atom. The zero-order valence-electron chi connectivity index (χ0n) is 21.6. The fourth-order valence-electron chi connectivity index (χ4n) is 4.86. The van der Waals surface area contributed by atoms with Gasteiger partial charge in [-0.1, -0.05) is 12.8 Å². The van der Waals surface area contributed by atoms with E-state index in [9.17, 15) is 14.4 Å². The second-order valence-corrected chi connectivity index (χ2v) is 11.2. The molecule has 1 saturated carbocycles. The Morgan fingerprint density at radius 2 is 1.66 bits per heavy atom. The summed E-state index contributed by atoms with van der Waals surface area (Å²) < 4.78 is 5.52. The Hall–Kier alpha value is -2.77. The summed E-state index contributed by atoms with van der Waals surface area (Å²) in [5, 5.41) is 3.04. The molecule has 3 aliphatic rings. The molecule has 3 fully saturated rings. The largest absolute Gasteiger partial charge is 0.444 e. The molecular weight excluding hydrogens is 444 g/mol. The minimum Gasteiger partial charge on any atom is -0.444 e. The maximum Gasteiger partial charge on any atom is 0.410 e. The van der Waals surface area contributed by atoms with E-state index in [0.717, 1.165) is 50.1 Å². The van der Waals surface area contributed by atoms with Crippen molar-refractivity contribution in [1.82, 2.24) is 9.80 Å². The van der Waals surface area contributed by atoms with Crippen LogP contribution in [0, 0.1) is 5.92 Å². The fourth-order valence-corrected chi connectivity index (χ4v) is 4.86. The van der Waals surface area contributed by atoms with Gasteiger partial charge in [0.15, 0.2) is 0 Å². The normalized spacial score (nSPS) is 21.4. The quantitative estimate of drug-likeness (QED) is 0.681. The van der Waals surface area contributed by atoms with Crippen molar-refractivity contribution in [3.63, 3.8) is 0 Å². The van der Waals surface area contributed by atoms with Crippen LogP contribution in [-0.4, -0.2) is 72.1 Å². The van der Waals surface area contributed by atoms with E-state index >= 15 is 0 Å². The van der Waals surface area contributed by atoms with Gasteiger partial charge >= 0.3 is 6.09 Å². The Morgan fingerprint density at radius 1 is 0.971 bits per heavy atom. The molecule has 8 nitrogen and oxygen atoms in total. The van der Waals surface area contributed by atoms with Crippen molar-refractivity contribution < 1.29 is 19.1 Å². The summed E-state index contributed by atoms with van der Waals surface area (Å²) >= 11 is 0. The molecule has 2 saturated heterocycles. The molecule has 1 unspecified atom stereocenters. The second-order valence-electron chi connectivity index (χ2n) is 11.2. The molecule has 1 aromatic rings. The number of ether oxygens (including phenoxy) is 1. The van der Waals surface area contributed by atoms with Crippen LogP contribution in [0.1, 0.15) is 76.6 Å². The molecule has 0 radical (unpaired) electrons. The van der Waals surface area contributed by atoms with E-state index in [0.29, 0.717) is 25.2 Å². The standard InChI is InChI=1S/C27H40N4O4/c1-19-18-30(26(34)35-27(2,3)4)15-16-31(19)25(33)22-12-11-21(28-24(32)20-9-10-20)17-23(22)29-13-7-5-6-8-14-29/h11-12,17,19-20H,5-10,13-16,18H2,1-4H3,(H,28,32). The van der Waals surface area contributed by atoms with Gasteiger partial charge in [-0.25, -0.2) is 4.79 Å². The van der Waals surface area contributed by atoms with Crippen LogP contribution in [-0.2, 0) is 9.53 Å². The number of nitrogens with one attached hydrogen (secondary N) is 1. The summed E-state index contributed by atoms with van der Waals surface area (Å²) in [6.45, 7) is 10.7. The van der Waals surface area contributed by atoms with Crippen molar-refractivity contribution in [3.8, 4) is 0 Å². The van der Waals surface area contributed by atoms with Crippen LogP contribution in [0.2, 0.25) is 0 Å². The molecule has 8 heteroatoms. The first-order valence-electron chi connectivity index (χ1n) is 13.1. The molecule has 0 bridgehead atoms. The number of piperazine rings is 1. The minimum atomic E-state index is -0.550. The average Bonchev–Trinajstić information content (AvgIpc) is 3.65. The number of carbonyl (C=O) groups is 3. The highest BCUT2D eigenvalue weighted by molar-refractivity contribution is 6.02. The maximum absolute atomic E-state index is 13.8. The van der Waals surface area contributed by atoms with Crippen molar-refractivity contribution in [2.45, 2.75) is 77.9 Å². The third kappa shape index (κ3) is 6.47. The van der Waals surface area contributed by atoms with Crippen molar-refractivity contribution in [3.05, 3.63) is 23.8 Å². The predicted octanol–water partition coefficient (Wildman–Crippen LogP) is 4.50. The molecule has 3 amide bonds. The summed E-state index contributed by atoms with van der Waals surface area (Å²) in [6.07, 6.45) is 6.15. The van der Waals surface area contributed by atoms with Crippen molar-refractivity contribution in [2.24, 2.45) is 5.92 Å². The third-order valence-corrected chi connectivity index (χ3v) is 6.93. The maximum atomic E-state index is 13.8. The van der Waals surface area contributed by atoms with Crippen LogP contribution in [0.15, 0.2) is 18.2 Å². The van der Waals surface area contributed by atoms with Gasteiger partial charge < -0.3 is 24.8 Å². The number of benzene rings is 1. The first kappa shape index (κ1) is 25.3. The SMILES string of the molecule is CC1CN(C(=O)OC(C)(C)C)CCN1C(=O)c1ccc(NC(=O)C2CC2)cc1N1CCCCCC1. The highest BCUT2D eigenvalue weighted by Crippen LogP contribution is 2.33. The number of anilines is 2. The molecule has 1 atom stereocenters. The lowest BCUT2D eigenvalue weighted by Crippen LogP contribution is -2.56. The van der Waals surface area contributed by atoms with Gasteiger partial charge in [0.05, 0.1) is 11.3 Å². The zero-order valence-corrected chi connectivity index (χ0v) is 21.6. The van der Waals surface area contributed by atoms with E-state index in [1.807, 2.05) is 50.8 Å². The van der Waals surface area contributed by atoms with Crippen LogP contribution >= 0.6 is 0 Å². The van der Waals surface area contributed by atoms with Crippen LogP contribution in [0.25, 0.3) is 0 Å². The molecular formula is C27H40N4O4. The lowest BCUT2D eigenvalue weighted by Gasteiger charge is -2.40. The molecule has 0 aromatic heterocycles. The lowest BCUT2D eigenvalue weighted by molar-refractivity contribution is -0.117. The van der Waals surface area contributed by atoms with Crippen LogP contribution in [0.3, 0.4) is 0 Å². The number of hydrogen-bond donors (Lipinski definition) is 1. The second kappa shape index (κ2) is 10.5. The molecule has 35 heavy (non-hydrogen) atoms. The molecule has 2 heterocycles. The highest BCUT2D eigenvalue weighted by atomic mass is 16.6. The Balaban J connectivity index is 1.52. The van der Waals surface area contributed by atoms with Crippen LogP contribution < -0.4 is 10.2 Å². The van der Waals surface area contributed by atoms with E-state index in [1.165, 1.54) is 12.8 Å². The average molecular weight is 485 g/mol. The van der Waals surface area contributed by atoms with Gasteiger partial charge in [-0.3, -0.25) is 9.59 Å². The summed E-state index contributed by atoms with van der Waals surface area (Å²) in [5.41, 5.74) is 1.76. The molecule has 1 N–H and O–H groups in total. The van der Waals surface area contributed by atoms with Gasteiger partial charge in [0.25, 0.3) is 5.91 Å². The molecule has 2 aliphatic heterocycles. The third-order valence-electron chi connectivity index (χ3n) is 6.93.